The summed E-state index contributed by atoms with van der Waals surface area (Å²) < 4.78 is 0. The molecule has 0 unspecified atom stereocenters. The smallest absolute Gasteiger partial charge is 0.0546 e. The van der Waals surface area contributed by atoms with Crippen LogP contribution in [0.4, 0.5) is 17.1 Å². The Morgan fingerprint density at radius 1 is 0.397 bits per heavy atom. The highest BCUT2D eigenvalue weighted by atomic mass is 15.1. The summed E-state index contributed by atoms with van der Waals surface area (Å²) in [5.74, 6) is 0. The van der Waals surface area contributed by atoms with Crippen LogP contribution in [0.25, 0.3) is 44.2 Å². The van der Waals surface area contributed by atoms with Gasteiger partial charge in [-0.1, -0.05) is 202 Å². The van der Waals surface area contributed by atoms with E-state index in [0.29, 0.717) is 0 Å². The van der Waals surface area contributed by atoms with Crippen LogP contribution in [0.15, 0.2) is 218 Å². The fourth-order valence-electron chi connectivity index (χ4n) is 9.47. The predicted molar refractivity (Wildman–Crippen MR) is 246 cm³/mol. The maximum Gasteiger partial charge on any atom is 0.0546 e. The molecule has 1 aliphatic carbocycles. The van der Waals surface area contributed by atoms with Gasteiger partial charge in [0.2, 0.25) is 0 Å². The highest BCUT2D eigenvalue weighted by Gasteiger charge is 2.36. The minimum atomic E-state index is -0.344. The van der Waals surface area contributed by atoms with Crippen molar-refractivity contribution in [3.05, 3.63) is 246 Å². The van der Waals surface area contributed by atoms with Gasteiger partial charge in [-0.25, -0.2) is 0 Å². The molecular formula is C57H45N. The first-order chi connectivity index (χ1) is 28.4. The van der Waals surface area contributed by atoms with Crippen molar-refractivity contribution in [1.29, 1.82) is 0 Å². The fourth-order valence-corrected chi connectivity index (χ4v) is 9.47. The summed E-state index contributed by atoms with van der Waals surface area (Å²) in [6, 6.07) is 80.3. The Hall–Kier alpha value is -6.96. The van der Waals surface area contributed by atoms with E-state index in [1.54, 1.807) is 0 Å². The van der Waals surface area contributed by atoms with E-state index in [2.05, 4.69) is 244 Å². The Kier molecular flexibility index (Phi) is 8.68. The van der Waals surface area contributed by atoms with Gasteiger partial charge in [0.1, 0.15) is 0 Å². The lowest BCUT2D eigenvalue weighted by Gasteiger charge is -2.33. The van der Waals surface area contributed by atoms with Gasteiger partial charge in [-0.3, -0.25) is 0 Å². The second-order valence-corrected chi connectivity index (χ2v) is 16.3. The molecule has 0 spiro atoms. The molecule has 1 heteroatoms. The van der Waals surface area contributed by atoms with Gasteiger partial charge >= 0.3 is 0 Å². The Morgan fingerprint density at radius 2 is 0.914 bits per heavy atom. The summed E-state index contributed by atoms with van der Waals surface area (Å²) in [7, 11) is 0. The third kappa shape index (κ3) is 5.85. The predicted octanol–water partition coefficient (Wildman–Crippen LogP) is 15.3. The average Bonchev–Trinajstić information content (AvgIpc) is 3.52. The Bertz CT molecular complexity index is 2850. The first-order valence-corrected chi connectivity index (χ1v) is 20.3. The van der Waals surface area contributed by atoms with Gasteiger partial charge in [0.15, 0.2) is 0 Å². The Balaban J connectivity index is 1.19. The van der Waals surface area contributed by atoms with E-state index in [1.165, 1.54) is 72.0 Å². The van der Waals surface area contributed by atoms with Gasteiger partial charge in [-0.2, -0.15) is 0 Å². The van der Waals surface area contributed by atoms with Crippen molar-refractivity contribution in [2.75, 3.05) is 4.90 Å². The van der Waals surface area contributed by atoms with Crippen LogP contribution in [0.5, 0.6) is 0 Å². The molecule has 278 valence electrons. The standard InChI is InChI=1S/C57H45N/c1-56(2)52-26-16-15-25-50(52)51-39-48(36-37-53(51)56)58(47-34-32-46(33-35-47)57(3,44-20-9-5-10-21-44)45-22-11-6-12-23-45)54-38-31-42-19-13-14-24-49(42)55(54)43-29-27-41(28-30-43)40-17-7-4-8-18-40/h4-39H,1-3H3. The lowest BCUT2D eigenvalue weighted by molar-refractivity contribution is 0.660. The van der Waals surface area contributed by atoms with Crippen molar-refractivity contribution in [2.45, 2.75) is 31.6 Å². The molecule has 1 aliphatic rings. The van der Waals surface area contributed by atoms with E-state index >= 15 is 0 Å². The van der Waals surface area contributed by atoms with Crippen molar-refractivity contribution >= 4 is 27.8 Å². The molecule has 0 aromatic heterocycles. The second-order valence-electron chi connectivity index (χ2n) is 16.3. The van der Waals surface area contributed by atoms with Crippen LogP contribution in [0.3, 0.4) is 0 Å². The summed E-state index contributed by atoms with van der Waals surface area (Å²) in [6.45, 7) is 7.06. The third-order valence-corrected chi connectivity index (χ3v) is 12.7. The number of hydrogen-bond acceptors (Lipinski definition) is 1. The average molecular weight is 744 g/mol. The highest BCUT2D eigenvalue weighted by Crippen LogP contribution is 2.52. The van der Waals surface area contributed by atoms with Gasteiger partial charge in [-0.15, -0.1) is 0 Å². The zero-order valence-corrected chi connectivity index (χ0v) is 33.2. The van der Waals surface area contributed by atoms with Gasteiger partial charge in [-0.05, 0) is 104 Å². The number of hydrogen-bond donors (Lipinski definition) is 0. The SMILES string of the molecule is CC1(C)c2ccccc2-c2cc(N(c3ccc(C(C)(c4ccccc4)c4ccccc4)cc3)c3ccc4ccccc4c3-c3ccc(-c4ccccc4)cc3)ccc21. The van der Waals surface area contributed by atoms with Crippen LogP contribution in [0.1, 0.15) is 48.6 Å². The monoisotopic (exact) mass is 743 g/mol. The summed E-state index contributed by atoms with van der Waals surface area (Å²) in [5.41, 5.74) is 16.9. The van der Waals surface area contributed by atoms with Crippen LogP contribution in [0.2, 0.25) is 0 Å². The Morgan fingerprint density at radius 3 is 1.60 bits per heavy atom. The zero-order chi connectivity index (χ0) is 39.3. The van der Waals surface area contributed by atoms with Crippen LogP contribution in [-0.4, -0.2) is 0 Å². The first kappa shape index (κ1) is 35.5. The number of fused-ring (bicyclic) bond motifs is 4. The van der Waals surface area contributed by atoms with Gasteiger partial charge in [0, 0.05) is 27.8 Å². The zero-order valence-electron chi connectivity index (χ0n) is 33.2. The quantitative estimate of drug-likeness (QED) is 0.140. The molecule has 9 aromatic carbocycles. The van der Waals surface area contributed by atoms with Gasteiger partial charge < -0.3 is 4.90 Å². The number of rotatable bonds is 8. The minimum Gasteiger partial charge on any atom is -0.310 e. The van der Waals surface area contributed by atoms with Crippen LogP contribution in [0, 0.1) is 0 Å². The Labute approximate surface area is 342 Å². The van der Waals surface area contributed by atoms with E-state index in [1.807, 2.05) is 0 Å². The van der Waals surface area contributed by atoms with E-state index in [9.17, 15) is 0 Å². The number of anilines is 3. The molecule has 0 aliphatic heterocycles. The van der Waals surface area contributed by atoms with Crippen LogP contribution >= 0.6 is 0 Å². The van der Waals surface area contributed by atoms with E-state index in [4.69, 9.17) is 0 Å². The molecule has 0 saturated heterocycles. The summed E-state index contributed by atoms with van der Waals surface area (Å²) in [4.78, 5) is 2.48. The van der Waals surface area contributed by atoms with E-state index in [-0.39, 0.29) is 10.8 Å². The molecule has 9 aromatic rings. The highest BCUT2D eigenvalue weighted by molar-refractivity contribution is 6.05. The van der Waals surface area contributed by atoms with Crippen molar-refractivity contribution in [3.63, 3.8) is 0 Å². The van der Waals surface area contributed by atoms with Gasteiger partial charge in [0.05, 0.1) is 5.69 Å². The van der Waals surface area contributed by atoms with Crippen LogP contribution in [-0.2, 0) is 10.8 Å². The third-order valence-electron chi connectivity index (χ3n) is 12.7. The number of nitrogens with zero attached hydrogens (tertiary/aromatic N) is 1. The topological polar surface area (TPSA) is 3.24 Å². The van der Waals surface area contributed by atoms with Crippen molar-refractivity contribution in [3.8, 4) is 33.4 Å². The number of benzene rings is 9. The van der Waals surface area contributed by atoms with Crippen molar-refractivity contribution in [1.82, 2.24) is 0 Å². The molecule has 0 fully saturated rings. The lowest BCUT2D eigenvalue weighted by Crippen LogP contribution is -2.25. The second kappa shape index (κ2) is 14.2. The summed E-state index contributed by atoms with van der Waals surface area (Å²) >= 11 is 0. The minimum absolute atomic E-state index is 0.0785. The fraction of sp³-hybridized carbons (Fsp3) is 0.0877. The molecule has 0 heterocycles. The molecule has 0 radical (unpaired) electrons. The maximum absolute atomic E-state index is 2.48. The molecule has 0 amide bonds. The van der Waals surface area contributed by atoms with Gasteiger partial charge in [0.25, 0.3) is 0 Å². The summed E-state index contributed by atoms with van der Waals surface area (Å²) in [5, 5.41) is 2.44. The molecule has 0 atom stereocenters. The van der Waals surface area contributed by atoms with Crippen LogP contribution < -0.4 is 4.90 Å². The normalized spacial score (nSPS) is 12.9. The molecular weight excluding hydrogens is 699 g/mol. The maximum atomic E-state index is 2.48. The molecule has 0 saturated carbocycles. The molecule has 0 N–H and O–H groups in total. The van der Waals surface area contributed by atoms with Crippen molar-refractivity contribution in [2.24, 2.45) is 0 Å². The summed E-state index contributed by atoms with van der Waals surface area (Å²) in [6.07, 6.45) is 0. The first-order valence-electron chi connectivity index (χ1n) is 20.3. The van der Waals surface area contributed by atoms with Crippen molar-refractivity contribution < 1.29 is 0 Å². The van der Waals surface area contributed by atoms with E-state index < -0.39 is 0 Å². The molecule has 1 nitrogen and oxygen atoms in total. The van der Waals surface area contributed by atoms with E-state index in [0.717, 1.165) is 17.1 Å². The lowest BCUT2D eigenvalue weighted by atomic mass is 9.71. The molecule has 10 rings (SSSR count). The molecule has 0 bridgehead atoms. The molecule has 58 heavy (non-hydrogen) atoms. The largest absolute Gasteiger partial charge is 0.310 e.